The largest absolute Gasteiger partial charge is 0.451 e. The van der Waals surface area contributed by atoms with Crippen molar-refractivity contribution in [3.63, 3.8) is 0 Å². The molecule has 0 radical (unpaired) electrons. The lowest BCUT2D eigenvalue weighted by Gasteiger charge is -2.16. The molecule has 0 unspecified atom stereocenters. The SMILES string of the molecule is CCCn1c(C)cc(/C=C(\C#N)C(=O)OCC(=O)Nc2cccc(N3CCCC3=O)c2)c1C. The van der Waals surface area contributed by atoms with Gasteiger partial charge < -0.3 is 19.5 Å². The van der Waals surface area contributed by atoms with Crippen LogP contribution in [0.25, 0.3) is 6.08 Å². The molecule has 172 valence electrons. The van der Waals surface area contributed by atoms with Gasteiger partial charge >= 0.3 is 5.97 Å². The molecule has 1 aliphatic rings. The fourth-order valence-electron chi connectivity index (χ4n) is 3.91. The van der Waals surface area contributed by atoms with Crippen LogP contribution in [0.2, 0.25) is 0 Å². The lowest BCUT2D eigenvalue weighted by atomic mass is 10.1. The highest BCUT2D eigenvalue weighted by Gasteiger charge is 2.22. The third-order valence-electron chi connectivity index (χ3n) is 5.55. The molecule has 0 saturated carbocycles. The summed E-state index contributed by atoms with van der Waals surface area (Å²) in [5, 5.41) is 12.1. The number of nitriles is 1. The van der Waals surface area contributed by atoms with Crippen molar-refractivity contribution in [2.75, 3.05) is 23.4 Å². The molecule has 2 heterocycles. The molecule has 0 aliphatic carbocycles. The molecule has 2 amide bonds. The topological polar surface area (TPSA) is 104 Å². The summed E-state index contributed by atoms with van der Waals surface area (Å²) < 4.78 is 7.19. The van der Waals surface area contributed by atoms with E-state index in [-0.39, 0.29) is 11.5 Å². The first kappa shape index (κ1) is 23.8. The maximum atomic E-state index is 12.4. The summed E-state index contributed by atoms with van der Waals surface area (Å²) in [6, 6.07) is 10.7. The number of carbonyl (C=O) groups excluding carboxylic acids is 3. The standard InChI is InChI=1S/C25H28N4O4/c1-4-10-28-17(2)12-19(18(28)3)13-20(15-26)25(32)33-16-23(30)27-21-7-5-8-22(14-21)29-11-6-9-24(29)31/h5,7-8,12-14H,4,6,9-11,16H2,1-3H3,(H,27,30)/b20-13+. The van der Waals surface area contributed by atoms with E-state index in [1.807, 2.05) is 26.0 Å². The Bertz CT molecular complexity index is 1140. The zero-order valence-electron chi connectivity index (χ0n) is 19.2. The van der Waals surface area contributed by atoms with Gasteiger partial charge in [-0.2, -0.15) is 5.26 Å². The molecule has 8 nitrogen and oxygen atoms in total. The van der Waals surface area contributed by atoms with E-state index in [0.717, 1.165) is 36.3 Å². The molecule has 0 atom stereocenters. The number of aryl methyl sites for hydroxylation is 1. The zero-order valence-corrected chi connectivity index (χ0v) is 19.2. The fourth-order valence-corrected chi connectivity index (χ4v) is 3.91. The molecular weight excluding hydrogens is 420 g/mol. The van der Waals surface area contributed by atoms with Gasteiger partial charge in [0.1, 0.15) is 11.6 Å². The molecule has 1 N–H and O–H groups in total. The maximum Gasteiger partial charge on any atom is 0.349 e. The Hall–Kier alpha value is -3.86. The monoisotopic (exact) mass is 448 g/mol. The Morgan fingerprint density at radius 2 is 2.06 bits per heavy atom. The third-order valence-corrected chi connectivity index (χ3v) is 5.55. The number of nitrogens with one attached hydrogen (secondary N) is 1. The minimum absolute atomic E-state index is 0.0543. The molecular formula is C25H28N4O4. The number of esters is 1. The van der Waals surface area contributed by atoms with Crippen LogP contribution in [0, 0.1) is 25.2 Å². The maximum absolute atomic E-state index is 12.4. The second-order valence-corrected chi connectivity index (χ2v) is 7.97. The highest BCUT2D eigenvalue weighted by atomic mass is 16.5. The number of rotatable bonds is 8. The molecule has 1 saturated heterocycles. The Balaban J connectivity index is 1.61. The average Bonchev–Trinajstić information content (AvgIpc) is 3.34. The van der Waals surface area contributed by atoms with Crippen molar-refractivity contribution < 1.29 is 19.1 Å². The molecule has 1 fully saturated rings. The van der Waals surface area contributed by atoms with Crippen molar-refractivity contribution >= 4 is 35.2 Å². The fraction of sp³-hybridized carbons (Fsp3) is 0.360. The van der Waals surface area contributed by atoms with Crippen molar-refractivity contribution in [2.24, 2.45) is 0 Å². The van der Waals surface area contributed by atoms with E-state index in [9.17, 15) is 19.6 Å². The lowest BCUT2D eigenvalue weighted by Crippen LogP contribution is -2.24. The van der Waals surface area contributed by atoms with Gasteiger partial charge in [0.05, 0.1) is 0 Å². The summed E-state index contributed by atoms with van der Waals surface area (Å²) in [6.45, 7) is 6.97. The van der Waals surface area contributed by atoms with Crippen LogP contribution in [0.5, 0.6) is 0 Å². The molecule has 0 bridgehead atoms. The predicted octanol–water partition coefficient (Wildman–Crippen LogP) is 3.73. The quantitative estimate of drug-likeness (QED) is 0.376. The van der Waals surface area contributed by atoms with Gasteiger partial charge in [-0.05, 0) is 62.6 Å². The smallest absolute Gasteiger partial charge is 0.349 e. The van der Waals surface area contributed by atoms with E-state index in [4.69, 9.17) is 4.74 Å². The molecule has 1 aromatic carbocycles. The van der Waals surface area contributed by atoms with Crippen molar-refractivity contribution in [1.29, 1.82) is 5.26 Å². The van der Waals surface area contributed by atoms with Gasteiger partial charge in [-0.3, -0.25) is 9.59 Å². The molecule has 3 rings (SSSR count). The van der Waals surface area contributed by atoms with Crippen molar-refractivity contribution in [2.45, 2.75) is 46.6 Å². The summed E-state index contributed by atoms with van der Waals surface area (Å²) in [7, 11) is 0. The number of hydrogen-bond donors (Lipinski definition) is 1. The summed E-state index contributed by atoms with van der Waals surface area (Å²) in [4.78, 5) is 38.3. The van der Waals surface area contributed by atoms with Crippen LogP contribution < -0.4 is 10.2 Å². The highest BCUT2D eigenvalue weighted by Crippen LogP contribution is 2.24. The second kappa shape index (κ2) is 10.6. The predicted molar refractivity (Wildman–Crippen MR) is 125 cm³/mol. The van der Waals surface area contributed by atoms with Gasteiger partial charge in [0.25, 0.3) is 5.91 Å². The van der Waals surface area contributed by atoms with E-state index < -0.39 is 18.5 Å². The van der Waals surface area contributed by atoms with Gasteiger partial charge in [0.15, 0.2) is 6.61 Å². The number of ether oxygens (including phenoxy) is 1. The van der Waals surface area contributed by atoms with Crippen molar-refractivity contribution in [3.8, 4) is 6.07 Å². The van der Waals surface area contributed by atoms with Crippen LogP contribution in [0.1, 0.15) is 43.1 Å². The van der Waals surface area contributed by atoms with Gasteiger partial charge in [-0.1, -0.05) is 13.0 Å². The van der Waals surface area contributed by atoms with Crippen molar-refractivity contribution in [1.82, 2.24) is 4.57 Å². The van der Waals surface area contributed by atoms with E-state index >= 15 is 0 Å². The number of hydrogen-bond acceptors (Lipinski definition) is 5. The number of nitrogens with zero attached hydrogens (tertiary/aromatic N) is 3. The molecule has 0 spiro atoms. The van der Waals surface area contributed by atoms with Crippen LogP contribution in [0.3, 0.4) is 0 Å². The first-order valence-electron chi connectivity index (χ1n) is 11.0. The molecule has 1 aromatic heterocycles. The summed E-state index contributed by atoms with van der Waals surface area (Å²) in [5.74, 6) is -1.34. The lowest BCUT2D eigenvalue weighted by molar-refractivity contribution is -0.142. The Morgan fingerprint density at radius 3 is 2.73 bits per heavy atom. The molecule has 8 heteroatoms. The minimum Gasteiger partial charge on any atom is -0.451 e. The highest BCUT2D eigenvalue weighted by molar-refractivity contribution is 6.00. The molecule has 33 heavy (non-hydrogen) atoms. The number of benzene rings is 1. The summed E-state index contributed by atoms with van der Waals surface area (Å²) in [6.07, 6.45) is 3.79. The Kier molecular flexibility index (Phi) is 7.67. The zero-order chi connectivity index (χ0) is 24.0. The Morgan fingerprint density at radius 1 is 1.27 bits per heavy atom. The normalized spacial score (nSPS) is 13.7. The van der Waals surface area contributed by atoms with Gasteiger partial charge in [-0.25, -0.2) is 4.79 Å². The molecule has 2 aromatic rings. The summed E-state index contributed by atoms with van der Waals surface area (Å²) >= 11 is 0. The van der Waals surface area contributed by atoms with E-state index in [1.165, 1.54) is 6.08 Å². The van der Waals surface area contributed by atoms with E-state index in [2.05, 4.69) is 16.8 Å². The number of carbonyl (C=O) groups is 3. The minimum atomic E-state index is -0.857. The summed E-state index contributed by atoms with van der Waals surface area (Å²) in [5.41, 5.74) is 3.81. The number of aromatic nitrogens is 1. The van der Waals surface area contributed by atoms with Crippen LogP contribution >= 0.6 is 0 Å². The number of anilines is 2. The van der Waals surface area contributed by atoms with E-state index in [1.54, 1.807) is 29.2 Å². The van der Waals surface area contributed by atoms with Crippen LogP contribution in [-0.4, -0.2) is 35.5 Å². The van der Waals surface area contributed by atoms with E-state index in [0.29, 0.717) is 24.3 Å². The molecule has 1 aliphatic heterocycles. The van der Waals surface area contributed by atoms with Crippen LogP contribution in [0.15, 0.2) is 35.9 Å². The first-order valence-corrected chi connectivity index (χ1v) is 11.0. The average molecular weight is 449 g/mol. The number of amides is 2. The van der Waals surface area contributed by atoms with Crippen molar-refractivity contribution in [3.05, 3.63) is 52.9 Å². The van der Waals surface area contributed by atoms with Gasteiger partial charge in [0.2, 0.25) is 5.91 Å². The van der Waals surface area contributed by atoms with Crippen LogP contribution in [-0.2, 0) is 25.7 Å². The Labute approximate surface area is 193 Å². The first-order chi connectivity index (χ1) is 15.8. The van der Waals surface area contributed by atoms with Crippen LogP contribution in [0.4, 0.5) is 11.4 Å². The third kappa shape index (κ3) is 5.69. The second-order valence-electron chi connectivity index (χ2n) is 7.97. The van der Waals surface area contributed by atoms with Gasteiger partial charge in [-0.15, -0.1) is 0 Å². The van der Waals surface area contributed by atoms with Gasteiger partial charge in [0, 0.05) is 42.3 Å².